The highest BCUT2D eigenvalue weighted by molar-refractivity contribution is 6.30. The van der Waals surface area contributed by atoms with E-state index in [0.717, 1.165) is 22.2 Å². The standard InChI is InChI=1S/C19H14ClN3O/c20-14-7-4-12(5-8-14)13-6-9-15-17(11-13)24-23-19(15)18(21)16-3-1-2-10-22-16/h1-11,18H,21H2. The number of halogens is 1. The first-order chi connectivity index (χ1) is 11.7. The van der Waals surface area contributed by atoms with E-state index in [-0.39, 0.29) is 0 Å². The number of aromatic nitrogens is 2. The van der Waals surface area contributed by atoms with Crippen LogP contribution >= 0.6 is 11.6 Å². The zero-order valence-corrected chi connectivity index (χ0v) is 13.4. The van der Waals surface area contributed by atoms with E-state index in [0.29, 0.717) is 16.3 Å². The molecule has 0 bridgehead atoms. The SMILES string of the molecule is NC(c1ccccn1)c1noc2cc(-c3ccc(Cl)cc3)ccc12. The third-order valence-corrected chi connectivity index (χ3v) is 4.23. The summed E-state index contributed by atoms with van der Waals surface area (Å²) in [6.07, 6.45) is 1.72. The topological polar surface area (TPSA) is 64.9 Å². The van der Waals surface area contributed by atoms with E-state index < -0.39 is 6.04 Å². The molecule has 0 saturated carbocycles. The molecule has 5 heteroatoms. The molecule has 0 amide bonds. The van der Waals surface area contributed by atoms with Crippen LogP contribution in [0.3, 0.4) is 0 Å². The average Bonchev–Trinajstić information content (AvgIpc) is 3.05. The Balaban J connectivity index is 1.74. The Kier molecular flexibility index (Phi) is 3.76. The summed E-state index contributed by atoms with van der Waals surface area (Å²) in [5, 5.41) is 5.76. The fraction of sp³-hybridized carbons (Fsp3) is 0.0526. The summed E-state index contributed by atoms with van der Waals surface area (Å²) in [7, 11) is 0. The Morgan fingerprint density at radius 1 is 0.958 bits per heavy atom. The first-order valence-corrected chi connectivity index (χ1v) is 7.92. The number of hydrogen-bond donors (Lipinski definition) is 1. The number of pyridine rings is 1. The highest BCUT2D eigenvalue weighted by Gasteiger charge is 2.18. The zero-order chi connectivity index (χ0) is 16.5. The maximum Gasteiger partial charge on any atom is 0.167 e. The first kappa shape index (κ1) is 14.9. The molecular formula is C19H14ClN3O. The van der Waals surface area contributed by atoms with E-state index in [9.17, 15) is 0 Å². The van der Waals surface area contributed by atoms with E-state index in [1.807, 2.05) is 60.7 Å². The molecule has 4 aromatic rings. The Bertz CT molecular complexity index is 981. The Hall–Kier alpha value is -2.69. The van der Waals surface area contributed by atoms with Crippen LogP contribution in [0.5, 0.6) is 0 Å². The number of benzene rings is 2. The van der Waals surface area contributed by atoms with Crippen molar-refractivity contribution in [3.63, 3.8) is 0 Å². The Morgan fingerprint density at radius 2 is 1.75 bits per heavy atom. The van der Waals surface area contributed by atoms with Crippen LogP contribution in [-0.4, -0.2) is 10.1 Å². The molecule has 24 heavy (non-hydrogen) atoms. The van der Waals surface area contributed by atoms with Gasteiger partial charge in [-0.1, -0.05) is 41.0 Å². The zero-order valence-electron chi connectivity index (χ0n) is 12.7. The van der Waals surface area contributed by atoms with Crippen molar-refractivity contribution in [1.82, 2.24) is 10.1 Å². The highest BCUT2D eigenvalue weighted by atomic mass is 35.5. The van der Waals surface area contributed by atoms with Gasteiger partial charge in [0.05, 0.1) is 11.7 Å². The van der Waals surface area contributed by atoms with Crippen molar-refractivity contribution in [2.24, 2.45) is 5.73 Å². The second kappa shape index (κ2) is 6.07. The van der Waals surface area contributed by atoms with Crippen molar-refractivity contribution < 1.29 is 4.52 Å². The van der Waals surface area contributed by atoms with E-state index >= 15 is 0 Å². The van der Waals surface area contributed by atoms with Crippen LogP contribution in [0.15, 0.2) is 71.4 Å². The molecule has 4 nitrogen and oxygen atoms in total. The van der Waals surface area contributed by atoms with Gasteiger partial charge in [0.15, 0.2) is 5.58 Å². The molecule has 1 unspecified atom stereocenters. The van der Waals surface area contributed by atoms with E-state index in [1.165, 1.54) is 0 Å². The number of nitrogens with zero attached hydrogens (tertiary/aromatic N) is 2. The largest absolute Gasteiger partial charge is 0.356 e. The molecule has 1 atom stereocenters. The number of hydrogen-bond acceptors (Lipinski definition) is 4. The fourth-order valence-corrected chi connectivity index (χ4v) is 2.83. The van der Waals surface area contributed by atoms with Gasteiger partial charge in [0.1, 0.15) is 5.69 Å². The van der Waals surface area contributed by atoms with E-state index in [4.69, 9.17) is 21.9 Å². The summed E-state index contributed by atoms with van der Waals surface area (Å²) in [6, 6.07) is 18.9. The van der Waals surface area contributed by atoms with Gasteiger partial charge < -0.3 is 10.3 Å². The molecule has 0 aliphatic heterocycles. The molecule has 2 heterocycles. The maximum absolute atomic E-state index is 6.29. The first-order valence-electron chi connectivity index (χ1n) is 7.54. The van der Waals surface area contributed by atoms with Gasteiger partial charge in [0.25, 0.3) is 0 Å². The molecule has 0 saturated heterocycles. The summed E-state index contributed by atoms with van der Waals surface area (Å²) in [5.41, 5.74) is 10.5. The predicted molar refractivity (Wildman–Crippen MR) is 94.7 cm³/mol. The van der Waals surface area contributed by atoms with Gasteiger partial charge >= 0.3 is 0 Å². The second-order valence-corrected chi connectivity index (χ2v) is 5.95. The van der Waals surface area contributed by atoms with Gasteiger partial charge in [-0.15, -0.1) is 0 Å². The Morgan fingerprint density at radius 3 is 2.50 bits per heavy atom. The van der Waals surface area contributed by atoms with Crippen LogP contribution in [0.2, 0.25) is 5.02 Å². The second-order valence-electron chi connectivity index (χ2n) is 5.52. The molecular weight excluding hydrogens is 322 g/mol. The van der Waals surface area contributed by atoms with Crippen LogP contribution in [-0.2, 0) is 0 Å². The molecule has 2 aromatic heterocycles. The molecule has 2 aromatic carbocycles. The molecule has 0 radical (unpaired) electrons. The lowest BCUT2D eigenvalue weighted by Crippen LogP contribution is -2.13. The average molecular weight is 336 g/mol. The van der Waals surface area contributed by atoms with Crippen molar-refractivity contribution in [3.8, 4) is 11.1 Å². The minimum Gasteiger partial charge on any atom is -0.356 e. The summed E-state index contributed by atoms with van der Waals surface area (Å²) in [4.78, 5) is 4.30. The van der Waals surface area contributed by atoms with Crippen LogP contribution in [0.1, 0.15) is 17.4 Å². The molecule has 0 spiro atoms. The molecule has 0 aliphatic carbocycles. The van der Waals surface area contributed by atoms with Crippen molar-refractivity contribution in [2.75, 3.05) is 0 Å². The summed E-state index contributed by atoms with van der Waals surface area (Å²) < 4.78 is 5.49. The van der Waals surface area contributed by atoms with Crippen molar-refractivity contribution in [3.05, 3.63) is 83.3 Å². The van der Waals surface area contributed by atoms with Crippen molar-refractivity contribution in [2.45, 2.75) is 6.04 Å². The lowest BCUT2D eigenvalue weighted by atomic mass is 10.0. The van der Waals surface area contributed by atoms with Gasteiger partial charge in [-0.05, 0) is 47.5 Å². The van der Waals surface area contributed by atoms with E-state index in [2.05, 4.69) is 10.1 Å². The molecule has 0 fully saturated rings. The van der Waals surface area contributed by atoms with Crippen LogP contribution in [0.4, 0.5) is 0 Å². The lowest BCUT2D eigenvalue weighted by Gasteiger charge is -2.07. The number of nitrogens with two attached hydrogens (primary N) is 1. The molecule has 4 rings (SSSR count). The fourth-order valence-electron chi connectivity index (χ4n) is 2.70. The van der Waals surface area contributed by atoms with Gasteiger partial charge in [0, 0.05) is 16.6 Å². The van der Waals surface area contributed by atoms with Gasteiger partial charge in [-0.25, -0.2) is 0 Å². The molecule has 118 valence electrons. The normalized spacial score (nSPS) is 12.4. The summed E-state index contributed by atoms with van der Waals surface area (Å²) in [6.45, 7) is 0. The summed E-state index contributed by atoms with van der Waals surface area (Å²) in [5.74, 6) is 0. The molecule has 0 aliphatic rings. The van der Waals surface area contributed by atoms with Gasteiger partial charge in [-0.3, -0.25) is 4.98 Å². The smallest absolute Gasteiger partial charge is 0.167 e. The monoisotopic (exact) mass is 335 g/mol. The van der Waals surface area contributed by atoms with Gasteiger partial charge in [0.2, 0.25) is 0 Å². The minimum atomic E-state index is -0.422. The third-order valence-electron chi connectivity index (χ3n) is 3.98. The Labute approximate surface area is 143 Å². The quantitative estimate of drug-likeness (QED) is 0.594. The van der Waals surface area contributed by atoms with Crippen molar-refractivity contribution >= 4 is 22.6 Å². The summed E-state index contributed by atoms with van der Waals surface area (Å²) >= 11 is 5.94. The van der Waals surface area contributed by atoms with Crippen LogP contribution in [0.25, 0.3) is 22.1 Å². The molecule has 2 N–H and O–H groups in total. The van der Waals surface area contributed by atoms with Crippen molar-refractivity contribution in [1.29, 1.82) is 0 Å². The van der Waals surface area contributed by atoms with Gasteiger partial charge in [-0.2, -0.15) is 0 Å². The maximum atomic E-state index is 6.29. The predicted octanol–water partition coefficient (Wildman–Crippen LogP) is 4.59. The number of fused-ring (bicyclic) bond motifs is 1. The lowest BCUT2D eigenvalue weighted by molar-refractivity contribution is 0.441. The third kappa shape index (κ3) is 2.66. The van der Waals surface area contributed by atoms with Crippen LogP contribution in [0, 0.1) is 0 Å². The minimum absolute atomic E-state index is 0.422. The van der Waals surface area contributed by atoms with Crippen LogP contribution < -0.4 is 5.73 Å². The number of rotatable bonds is 3. The highest BCUT2D eigenvalue weighted by Crippen LogP contribution is 2.30. The van der Waals surface area contributed by atoms with E-state index in [1.54, 1.807) is 6.20 Å².